The molecule has 0 aliphatic heterocycles. The molecule has 2 aromatic carbocycles. The minimum atomic E-state index is 0.806. The van der Waals surface area contributed by atoms with E-state index in [0.29, 0.717) is 0 Å². The van der Waals surface area contributed by atoms with Crippen LogP contribution in [-0.2, 0) is 0 Å². The Labute approximate surface area is 113 Å². The second kappa shape index (κ2) is 5.26. The minimum absolute atomic E-state index is 0.806. The molecular formula is C13H10BrClS. The van der Waals surface area contributed by atoms with Crippen LogP contribution in [0.5, 0.6) is 0 Å². The third-order valence-electron chi connectivity index (χ3n) is 2.34. The quantitative estimate of drug-likeness (QED) is 0.660. The second-order valence-electron chi connectivity index (χ2n) is 3.30. The zero-order chi connectivity index (χ0) is 11.5. The molecule has 82 valence electrons. The maximum absolute atomic E-state index is 6.20. The van der Waals surface area contributed by atoms with Gasteiger partial charge in [-0.15, -0.1) is 11.8 Å². The van der Waals surface area contributed by atoms with Crippen LogP contribution in [0.1, 0.15) is 0 Å². The van der Waals surface area contributed by atoms with Gasteiger partial charge in [0.15, 0.2) is 0 Å². The number of hydrogen-bond donors (Lipinski definition) is 0. The van der Waals surface area contributed by atoms with Crippen molar-refractivity contribution >= 4 is 39.3 Å². The van der Waals surface area contributed by atoms with Crippen molar-refractivity contribution in [3.05, 3.63) is 52.0 Å². The van der Waals surface area contributed by atoms with Crippen LogP contribution in [0.25, 0.3) is 11.1 Å². The molecule has 0 fully saturated rings. The summed E-state index contributed by atoms with van der Waals surface area (Å²) in [4.78, 5) is 1.12. The van der Waals surface area contributed by atoms with Crippen molar-refractivity contribution in [3.8, 4) is 11.1 Å². The largest absolute Gasteiger partial charge is 0.127 e. The first-order valence-corrected chi connectivity index (χ1v) is 7.21. The summed E-state index contributed by atoms with van der Waals surface area (Å²) in [5.74, 6) is 0. The molecule has 0 aliphatic carbocycles. The van der Waals surface area contributed by atoms with Gasteiger partial charge in [0.25, 0.3) is 0 Å². The Balaban J connectivity index is 2.65. The van der Waals surface area contributed by atoms with Gasteiger partial charge in [0, 0.05) is 9.37 Å². The van der Waals surface area contributed by atoms with Gasteiger partial charge in [-0.05, 0) is 29.5 Å². The summed E-state index contributed by atoms with van der Waals surface area (Å²) in [6, 6.07) is 14.2. The van der Waals surface area contributed by atoms with Gasteiger partial charge in [-0.25, -0.2) is 0 Å². The minimum Gasteiger partial charge on any atom is -0.127 e. The summed E-state index contributed by atoms with van der Waals surface area (Å²) in [5.41, 5.74) is 2.35. The van der Waals surface area contributed by atoms with Gasteiger partial charge in [-0.2, -0.15) is 0 Å². The Morgan fingerprint density at radius 1 is 1.00 bits per heavy atom. The van der Waals surface area contributed by atoms with Crippen LogP contribution in [0.2, 0.25) is 5.02 Å². The average Bonchev–Trinajstić information content (AvgIpc) is 2.29. The number of thioether (sulfide) groups is 1. The molecule has 2 aromatic rings. The zero-order valence-electron chi connectivity index (χ0n) is 8.71. The fraction of sp³-hybridized carbons (Fsp3) is 0.0769. The van der Waals surface area contributed by atoms with Crippen LogP contribution in [0.15, 0.2) is 51.8 Å². The highest BCUT2D eigenvalue weighted by Gasteiger charge is 2.09. The van der Waals surface area contributed by atoms with E-state index in [1.165, 1.54) is 11.1 Å². The van der Waals surface area contributed by atoms with E-state index < -0.39 is 0 Å². The lowest BCUT2D eigenvalue weighted by atomic mass is 10.1. The Morgan fingerprint density at radius 2 is 1.69 bits per heavy atom. The van der Waals surface area contributed by atoms with Gasteiger partial charge in [0.1, 0.15) is 0 Å². The SMILES string of the molecule is CSc1c(Cl)cccc1-c1ccccc1Br. The number of benzene rings is 2. The van der Waals surface area contributed by atoms with E-state index in [1.54, 1.807) is 11.8 Å². The van der Waals surface area contributed by atoms with Crippen molar-refractivity contribution in [2.45, 2.75) is 4.90 Å². The Kier molecular flexibility index (Phi) is 3.95. The Bertz CT molecular complexity index is 511. The Hall–Kier alpha value is -0.440. The van der Waals surface area contributed by atoms with Crippen molar-refractivity contribution in [2.75, 3.05) is 6.26 Å². The standard InChI is InChI=1S/C13H10BrClS/c1-16-13-10(6-4-8-12(13)15)9-5-2-3-7-11(9)14/h2-8H,1H3. The molecule has 2 rings (SSSR count). The van der Waals surface area contributed by atoms with E-state index >= 15 is 0 Å². The fourth-order valence-electron chi connectivity index (χ4n) is 1.61. The maximum Gasteiger partial charge on any atom is 0.0548 e. The topological polar surface area (TPSA) is 0 Å². The summed E-state index contributed by atoms with van der Waals surface area (Å²) in [5, 5.41) is 0.806. The molecule has 0 saturated heterocycles. The molecule has 0 saturated carbocycles. The number of rotatable bonds is 2. The maximum atomic E-state index is 6.20. The molecule has 16 heavy (non-hydrogen) atoms. The fourth-order valence-corrected chi connectivity index (χ4v) is 3.17. The van der Waals surface area contributed by atoms with Gasteiger partial charge in [0.05, 0.1) is 5.02 Å². The van der Waals surface area contributed by atoms with Crippen LogP contribution in [-0.4, -0.2) is 6.26 Å². The molecule has 0 bridgehead atoms. The van der Waals surface area contributed by atoms with E-state index in [0.717, 1.165) is 14.4 Å². The van der Waals surface area contributed by atoms with E-state index in [4.69, 9.17) is 11.6 Å². The molecule has 0 N–H and O–H groups in total. The van der Waals surface area contributed by atoms with Gasteiger partial charge < -0.3 is 0 Å². The number of halogens is 2. The lowest BCUT2D eigenvalue weighted by molar-refractivity contribution is 1.44. The van der Waals surface area contributed by atoms with Crippen LogP contribution in [0.4, 0.5) is 0 Å². The third-order valence-corrected chi connectivity index (χ3v) is 4.30. The first kappa shape index (κ1) is 12.0. The van der Waals surface area contributed by atoms with Gasteiger partial charge >= 0.3 is 0 Å². The predicted molar refractivity (Wildman–Crippen MR) is 76.4 cm³/mol. The lowest BCUT2D eigenvalue weighted by Gasteiger charge is -2.10. The van der Waals surface area contributed by atoms with Crippen molar-refractivity contribution < 1.29 is 0 Å². The van der Waals surface area contributed by atoms with Crippen molar-refractivity contribution in [2.24, 2.45) is 0 Å². The van der Waals surface area contributed by atoms with Crippen LogP contribution in [0.3, 0.4) is 0 Å². The van der Waals surface area contributed by atoms with Crippen LogP contribution in [0, 0.1) is 0 Å². The summed E-state index contributed by atoms with van der Waals surface area (Å²) >= 11 is 11.4. The summed E-state index contributed by atoms with van der Waals surface area (Å²) in [6.45, 7) is 0. The highest BCUT2D eigenvalue weighted by molar-refractivity contribution is 9.10. The second-order valence-corrected chi connectivity index (χ2v) is 5.38. The summed E-state index contributed by atoms with van der Waals surface area (Å²) < 4.78 is 1.09. The van der Waals surface area contributed by atoms with E-state index in [-0.39, 0.29) is 0 Å². The van der Waals surface area contributed by atoms with E-state index in [2.05, 4.69) is 28.1 Å². The van der Waals surface area contributed by atoms with Crippen molar-refractivity contribution in [3.63, 3.8) is 0 Å². The highest BCUT2D eigenvalue weighted by atomic mass is 79.9. The van der Waals surface area contributed by atoms with E-state index in [9.17, 15) is 0 Å². The lowest BCUT2D eigenvalue weighted by Crippen LogP contribution is -1.84. The molecular weight excluding hydrogens is 304 g/mol. The van der Waals surface area contributed by atoms with Crippen molar-refractivity contribution in [1.82, 2.24) is 0 Å². The van der Waals surface area contributed by atoms with Crippen LogP contribution < -0.4 is 0 Å². The van der Waals surface area contributed by atoms with Gasteiger partial charge in [-0.1, -0.05) is 57.9 Å². The molecule has 0 amide bonds. The Morgan fingerprint density at radius 3 is 2.38 bits per heavy atom. The molecule has 0 heterocycles. The van der Waals surface area contributed by atoms with Crippen molar-refractivity contribution in [1.29, 1.82) is 0 Å². The van der Waals surface area contributed by atoms with Gasteiger partial charge in [0.2, 0.25) is 0 Å². The molecule has 0 unspecified atom stereocenters. The molecule has 0 aliphatic rings. The predicted octanol–water partition coefficient (Wildman–Crippen LogP) is 5.49. The molecule has 3 heteroatoms. The summed E-state index contributed by atoms with van der Waals surface area (Å²) in [6.07, 6.45) is 2.04. The smallest absolute Gasteiger partial charge is 0.0548 e. The first-order chi connectivity index (χ1) is 7.74. The molecule has 0 aromatic heterocycles. The zero-order valence-corrected chi connectivity index (χ0v) is 11.9. The van der Waals surface area contributed by atoms with Gasteiger partial charge in [-0.3, -0.25) is 0 Å². The highest BCUT2D eigenvalue weighted by Crippen LogP contribution is 2.38. The molecule has 0 spiro atoms. The van der Waals surface area contributed by atoms with E-state index in [1.807, 2.05) is 36.6 Å². The molecule has 0 radical (unpaired) electrons. The first-order valence-electron chi connectivity index (χ1n) is 4.81. The number of hydrogen-bond acceptors (Lipinski definition) is 1. The van der Waals surface area contributed by atoms with Crippen LogP contribution >= 0.6 is 39.3 Å². The summed E-state index contributed by atoms with van der Waals surface area (Å²) in [7, 11) is 0. The monoisotopic (exact) mass is 312 g/mol. The average molecular weight is 314 g/mol. The molecule has 0 nitrogen and oxygen atoms in total. The third kappa shape index (κ3) is 2.29. The normalized spacial score (nSPS) is 10.4. The molecule has 0 atom stereocenters.